The lowest BCUT2D eigenvalue weighted by atomic mass is 10.0. The van der Waals surface area contributed by atoms with Crippen molar-refractivity contribution in [3.05, 3.63) is 76.6 Å². The number of benzene rings is 1. The zero-order valence-electron chi connectivity index (χ0n) is 21.8. The summed E-state index contributed by atoms with van der Waals surface area (Å²) in [7, 11) is 1.57. The van der Waals surface area contributed by atoms with Crippen LogP contribution in [0.4, 0.5) is 0 Å². The lowest BCUT2D eigenvalue weighted by Crippen LogP contribution is -2.36. The van der Waals surface area contributed by atoms with Gasteiger partial charge in [-0.15, -0.1) is 0 Å². The fourth-order valence-corrected chi connectivity index (χ4v) is 4.12. The van der Waals surface area contributed by atoms with E-state index in [-0.39, 0.29) is 17.4 Å². The molecule has 0 saturated heterocycles. The van der Waals surface area contributed by atoms with Crippen LogP contribution in [0.2, 0.25) is 0 Å². The Morgan fingerprint density at radius 1 is 1.06 bits per heavy atom. The quantitative estimate of drug-likeness (QED) is 0.232. The highest BCUT2D eigenvalue weighted by Gasteiger charge is 2.20. The van der Waals surface area contributed by atoms with Crippen LogP contribution in [-0.2, 0) is 22.3 Å². The third kappa shape index (κ3) is 7.03. The van der Waals surface area contributed by atoms with E-state index in [1.807, 2.05) is 41.7 Å². The highest BCUT2D eigenvalue weighted by Crippen LogP contribution is 2.23. The van der Waals surface area contributed by atoms with Gasteiger partial charge in [-0.05, 0) is 82.8 Å². The van der Waals surface area contributed by atoms with Gasteiger partial charge in [-0.3, -0.25) is 4.79 Å². The number of pyridine rings is 1. The van der Waals surface area contributed by atoms with Crippen LogP contribution < -0.4 is 5.32 Å². The van der Waals surface area contributed by atoms with Gasteiger partial charge in [0, 0.05) is 29.9 Å². The summed E-state index contributed by atoms with van der Waals surface area (Å²) >= 11 is 0. The molecule has 6 heteroatoms. The van der Waals surface area contributed by atoms with E-state index in [9.17, 15) is 9.59 Å². The maximum absolute atomic E-state index is 13.5. The fourth-order valence-electron chi connectivity index (χ4n) is 4.12. The van der Waals surface area contributed by atoms with Crippen LogP contribution in [0.15, 0.2) is 48.7 Å². The predicted molar refractivity (Wildman–Crippen MR) is 139 cm³/mol. The number of carbonyl (C=O) groups excluding carboxylic acids is 2. The van der Waals surface area contributed by atoms with Gasteiger partial charge in [-0.1, -0.05) is 31.2 Å². The summed E-state index contributed by atoms with van der Waals surface area (Å²) in [5.41, 5.74) is 4.83. The first-order chi connectivity index (χ1) is 16.6. The van der Waals surface area contributed by atoms with Gasteiger partial charge in [0.05, 0.1) is 17.9 Å². The molecule has 0 radical (unpaired) electrons. The standard InChI is InChI=1S/C29H38N2O4/c1-7-22-17-25-18-24(28(33)35-20(2)19-34-6)14-16-31(25)26(22)27(32)23-12-10-21(11-13-23)9-8-15-30-29(3,4)5/h10-14,16-18,20,30H,7-9,15,19H2,1-6H3. The first-order valence-electron chi connectivity index (χ1n) is 12.4. The third-order valence-electron chi connectivity index (χ3n) is 5.91. The number of carbonyl (C=O) groups is 2. The molecule has 0 aliphatic rings. The molecule has 2 aromatic heterocycles. The lowest BCUT2D eigenvalue weighted by Gasteiger charge is -2.20. The molecular formula is C29H38N2O4. The molecule has 6 nitrogen and oxygen atoms in total. The van der Waals surface area contributed by atoms with E-state index < -0.39 is 5.97 Å². The molecule has 3 rings (SSSR count). The molecule has 3 aromatic rings. The molecule has 0 saturated carbocycles. The molecule has 1 atom stereocenters. The van der Waals surface area contributed by atoms with Crippen molar-refractivity contribution in [3.8, 4) is 0 Å². The molecular weight excluding hydrogens is 440 g/mol. The minimum Gasteiger partial charge on any atom is -0.457 e. The minimum atomic E-state index is -0.405. The maximum atomic E-state index is 13.5. The molecule has 0 spiro atoms. The maximum Gasteiger partial charge on any atom is 0.338 e. The van der Waals surface area contributed by atoms with Crippen LogP contribution in [0.25, 0.3) is 5.52 Å². The largest absolute Gasteiger partial charge is 0.457 e. The van der Waals surface area contributed by atoms with Gasteiger partial charge in [0.1, 0.15) is 6.10 Å². The van der Waals surface area contributed by atoms with Gasteiger partial charge in [0.25, 0.3) is 0 Å². The smallest absolute Gasteiger partial charge is 0.338 e. The lowest BCUT2D eigenvalue weighted by molar-refractivity contribution is 0.0120. The molecule has 0 amide bonds. The summed E-state index contributed by atoms with van der Waals surface area (Å²) < 4.78 is 12.3. The zero-order chi connectivity index (χ0) is 25.6. The number of rotatable bonds is 11. The molecule has 188 valence electrons. The predicted octanol–water partition coefficient (Wildman–Crippen LogP) is 5.25. The van der Waals surface area contributed by atoms with Crippen molar-refractivity contribution in [1.29, 1.82) is 0 Å². The van der Waals surface area contributed by atoms with Crippen LogP contribution in [-0.4, -0.2) is 48.1 Å². The molecule has 1 N–H and O–H groups in total. The van der Waals surface area contributed by atoms with Crippen molar-refractivity contribution in [3.63, 3.8) is 0 Å². The Bertz CT molecular complexity index is 1160. The Kier molecular flexibility index (Phi) is 8.87. The number of aromatic nitrogens is 1. The molecule has 1 aromatic carbocycles. The summed E-state index contributed by atoms with van der Waals surface area (Å²) in [5, 5.41) is 3.50. The van der Waals surface area contributed by atoms with E-state index in [0.717, 1.165) is 30.5 Å². The minimum absolute atomic E-state index is 0.0214. The molecule has 2 heterocycles. The van der Waals surface area contributed by atoms with Crippen molar-refractivity contribution in [2.45, 2.75) is 65.5 Å². The van der Waals surface area contributed by atoms with E-state index in [1.165, 1.54) is 5.56 Å². The number of esters is 1. The van der Waals surface area contributed by atoms with Crippen molar-refractivity contribution in [1.82, 2.24) is 9.72 Å². The Labute approximate surface area is 208 Å². The molecule has 0 bridgehead atoms. The van der Waals surface area contributed by atoms with Gasteiger partial charge in [-0.2, -0.15) is 0 Å². The number of hydrogen-bond acceptors (Lipinski definition) is 5. The monoisotopic (exact) mass is 478 g/mol. The Morgan fingerprint density at radius 3 is 2.40 bits per heavy atom. The second-order valence-corrected chi connectivity index (χ2v) is 10.1. The number of nitrogens with zero attached hydrogens (tertiary/aromatic N) is 1. The highest BCUT2D eigenvalue weighted by atomic mass is 16.6. The SMILES string of the molecule is CCc1cc2cc(C(=O)OC(C)COC)ccn2c1C(=O)c1ccc(CCCNC(C)(C)C)cc1. The molecule has 35 heavy (non-hydrogen) atoms. The van der Waals surface area contributed by atoms with Gasteiger partial charge in [-0.25, -0.2) is 4.79 Å². The summed E-state index contributed by atoms with van der Waals surface area (Å²) in [5.74, 6) is -0.427. The average molecular weight is 479 g/mol. The van der Waals surface area contributed by atoms with Gasteiger partial charge >= 0.3 is 5.97 Å². The first-order valence-corrected chi connectivity index (χ1v) is 12.4. The van der Waals surface area contributed by atoms with Gasteiger partial charge in [0.2, 0.25) is 5.78 Å². The van der Waals surface area contributed by atoms with Crippen LogP contribution in [0.3, 0.4) is 0 Å². The molecule has 0 aliphatic carbocycles. The summed E-state index contributed by atoms with van der Waals surface area (Å²) in [6.07, 6.45) is 4.16. The van der Waals surface area contributed by atoms with Crippen molar-refractivity contribution >= 4 is 17.3 Å². The Hall–Kier alpha value is -2.96. The number of aryl methyl sites for hydroxylation is 2. The first kappa shape index (κ1) is 26.6. The summed E-state index contributed by atoms with van der Waals surface area (Å²) in [6.45, 7) is 11.6. The number of hydrogen-bond donors (Lipinski definition) is 1. The third-order valence-corrected chi connectivity index (χ3v) is 5.91. The second-order valence-electron chi connectivity index (χ2n) is 10.1. The Balaban J connectivity index is 1.77. The number of ether oxygens (including phenoxy) is 2. The second kappa shape index (κ2) is 11.6. The van der Waals surface area contributed by atoms with Crippen LogP contribution >= 0.6 is 0 Å². The van der Waals surface area contributed by atoms with Crippen molar-refractivity contribution in [2.24, 2.45) is 0 Å². The van der Waals surface area contributed by atoms with E-state index in [1.54, 1.807) is 32.4 Å². The number of ketones is 1. The number of methoxy groups -OCH3 is 1. The number of nitrogens with one attached hydrogen (secondary N) is 1. The summed E-state index contributed by atoms with van der Waals surface area (Å²) in [6, 6.07) is 13.3. The van der Waals surface area contributed by atoms with Crippen LogP contribution in [0.1, 0.15) is 78.6 Å². The van der Waals surface area contributed by atoms with E-state index in [2.05, 4.69) is 26.1 Å². The van der Waals surface area contributed by atoms with Crippen molar-refractivity contribution in [2.75, 3.05) is 20.3 Å². The number of fused-ring (bicyclic) bond motifs is 1. The molecule has 1 unspecified atom stereocenters. The van der Waals surface area contributed by atoms with E-state index >= 15 is 0 Å². The van der Waals surface area contributed by atoms with E-state index in [4.69, 9.17) is 9.47 Å². The Morgan fingerprint density at radius 2 is 1.77 bits per heavy atom. The van der Waals surface area contributed by atoms with Gasteiger partial charge in [0.15, 0.2) is 0 Å². The normalized spacial score (nSPS) is 12.6. The molecule has 0 fully saturated rings. The summed E-state index contributed by atoms with van der Waals surface area (Å²) in [4.78, 5) is 26.0. The van der Waals surface area contributed by atoms with Gasteiger partial charge < -0.3 is 19.2 Å². The highest BCUT2D eigenvalue weighted by molar-refractivity contribution is 6.09. The average Bonchev–Trinajstić information content (AvgIpc) is 3.19. The van der Waals surface area contributed by atoms with E-state index in [0.29, 0.717) is 29.8 Å². The fraction of sp³-hybridized carbons (Fsp3) is 0.448. The topological polar surface area (TPSA) is 69.0 Å². The van der Waals surface area contributed by atoms with Crippen molar-refractivity contribution < 1.29 is 19.1 Å². The van der Waals surface area contributed by atoms with Crippen LogP contribution in [0, 0.1) is 0 Å². The zero-order valence-corrected chi connectivity index (χ0v) is 21.8. The van der Waals surface area contributed by atoms with Crippen LogP contribution in [0.5, 0.6) is 0 Å². The molecule has 0 aliphatic heterocycles.